The fourth-order valence-corrected chi connectivity index (χ4v) is 3.54. The van der Waals surface area contributed by atoms with Gasteiger partial charge in [0.1, 0.15) is 5.75 Å². The Morgan fingerprint density at radius 1 is 1.05 bits per heavy atom. The summed E-state index contributed by atoms with van der Waals surface area (Å²) in [5, 5.41) is 0. The van der Waals surface area contributed by atoms with Gasteiger partial charge >= 0.3 is 0 Å². The SMILES string of the molecule is COc1ccccc1CN(C)S(=O)(=O)c1ccccc1C. The van der Waals surface area contributed by atoms with Gasteiger partial charge in [0.05, 0.1) is 12.0 Å². The first-order valence-corrected chi connectivity index (χ1v) is 8.04. The molecule has 0 atom stereocenters. The minimum atomic E-state index is -3.52. The van der Waals surface area contributed by atoms with Crippen LogP contribution >= 0.6 is 0 Å². The zero-order chi connectivity index (χ0) is 15.5. The van der Waals surface area contributed by atoms with Crippen LogP contribution in [-0.4, -0.2) is 26.9 Å². The number of benzene rings is 2. The van der Waals surface area contributed by atoms with Crippen molar-refractivity contribution in [3.05, 3.63) is 59.7 Å². The number of aryl methyl sites for hydroxylation is 1. The van der Waals surface area contributed by atoms with Gasteiger partial charge in [-0.05, 0) is 24.6 Å². The first-order valence-electron chi connectivity index (χ1n) is 6.60. The number of sulfonamides is 1. The van der Waals surface area contributed by atoms with Crippen LogP contribution in [0.15, 0.2) is 53.4 Å². The van der Waals surface area contributed by atoms with Gasteiger partial charge in [0.15, 0.2) is 0 Å². The van der Waals surface area contributed by atoms with Crippen molar-refractivity contribution in [2.24, 2.45) is 0 Å². The molecular weight excluding hydrogens is 286 g/mol. The van der Waals surface area contributed by atoms with Crippen LogP contribution in [0.2, 0.25) is 0 Å². The predicted molar refractivity (Wildman–Crippen MR) is 82.8 cm³/mol. The van der Waals surface area contributed by atoms with Crippen molar-refractivity contribution >= 4 is 10.0 Å². The van der Waals surface area contributed by atoms with E-state index in [9.17, 15) is 8.42 Å². The van der Waals surface area contributed by atoms with Gasteiger partial charge in [-0.3, -0.25) is 0 Å². The van der Waals surface area contributed by atoms with E-state index in [4.69, 9.17) is 4.74 Å². The highest BCUT2D eigenvalue weighted by molar-refractivity contribution is 7.89. The average Bonchev–Trinajstić information content (AvgIpc) is 2.48. The molecule has 0 aliphatic carbocycles. The second-order valence-corrected chi connectivity index (χ2v) is 6.85. The first kappa shape index (κ1) is 15.5. The maximum Gasteiger partial charge on any atom is 0.243 e. The number of hydrogen-bond donors (Lipinski definition) is 0. The molecule has 112 valence electrons. The second kappa shape index (κ2) is 6.28. The predicted octanol–water partition coefficient (Wildman–Crippen LogP) is 2.82. The summed E-state index contributed by atoms with van der Waals surface area (Å²) >= 11 is 0. The topological polar surface area (TPSA) is 46.6 Å². The molecule has 0 fully saturated rings. The van der Waals surface area contributed by atoms with Crippen LogP contribution in [-0.2, 0) is 16.6 Å². The smallest absolute Gasteiger partial charge is 0.243 e. The summed E-state index contributed by atoms with van der Waals surface area (Å²) in [7, 11) is -0.359. The highest BCUT2D eigenvalue weighted by Crippen LogP contribution is 2.23. The van der Waals surface area contributed by atoms with Crippen LogP contribution in [0.5, 0.6) is 5.75 Å². The Bertz CT molecular complexity index is 726. The molecule has 0 saturated heterocycles. The third-order valence-electron chi connectivity index (χ3n) is 3.37. The summed E-state index contributed by atoms with van der Waals surface area (Å²) in [4.78, 5) is 0.336. The Balaban J connectivity index is 2.32. The van der Waals surface area contributed by atoms with Gasteiger partial charge in [-0.15, -0.1) is 0 Å². The molecular formula is C16H19NO3S. The number of hydrogen-bond acceptors (Lipinski definition) is 3. The maximum atomic E-state index is 12.6. The number of methoxy groups -OCH3 is 1. The summed E-state index contributed by atoms with van der Waals surface area (Å²) in [6.45, 7) is 2.06. The monoisotopic (exact) mass is 305 g/mol. The molecule has 0 radical (unpaired) electrons. The van der Waals surface area contributed by atoms with Gasteiger partial charge in [-0.25, -0.2) is 8.42 Å². The lowest BCUT2D eigenvalue weighted by molar-refractivity contribution is 0.398. The highest BCUT2D eigenvalue weighted by atomic mass is 32.2. The van der Waals surface area contributed by atoms with Crippen LogP contribution in [0.25, 0.3) is 0 Å². The fourth-order valence-electron chi connectivity index (χ4n) is 2.17. The van der Waals surface area contributed by atoms with Gasteiger partial charge in [0.2, 0.25) is 10.0 Å². The van der Waals surface area contributed by atoms with Gasteiger partial charge in [-0.1, -0.05) is 36.4 Å². The molecule has 0 heterocycles. The Labute approximate surface area is 126 Å². The Morgan fingerprint density at radius 2 is 1.67 bits per heavy atom. The molecule has 0 bridgehead atoms. The lowest BCUT2D eigenvalue weighted by Gasteiger charge is -2.19. The number of rotatable bonds is 5. The molecule has 0 aliphatic rings. The molecule has 0 spiro atoms. The van der Waals surface area contributed by atoms with Crippen LogP contribution in [0, 0.1) is 6.92 Å². The van der Waals surface area contributed by atoms with Crippen LogP contribution in [0.1, 0.15) is 11.1 Å². The molecule has 5 heteroatoms. The van der Waals surface area contributed by atoms with Gasteiger partial charge in [-0.2, -0.15) is 4.31 Å². The standard InChI is InChI=1S/C16H19NO3S/c1-13-8-4-7-11-16(13)21(18,19)17(2)12-14-9-5-6-10-15(14)20-3/h4-11H,12H2,1-3H3. The molecule has 21 heavy (non-hydrogen) atoms. The summed E-state index contributed by atoms with van der Waals surface area (Å²) in [5.74, 6) is 0.685. The highest BCUT2D eigenvalue weighted by Gasteiger charge is 2.23. The van der Waals surface area contributed by atoms with Crippen LogP contribution in [0.3, 0.4) is 0 Å². The van der Waals surface area contributed by atoms with Crippen molar-refractivity contribution in [2.45, 2.75) is 18.4 Å². The van der Waals surface area contributed by atoms with E-state index in [0.29, 0.717) is 10.6 Å². The Kier molecular flexibility index (Phi) is 4.65. The first-order chi connectivity index (χ1) is 9.96. The van der Waals surface area contributed by atoms with Gasteiger partial charge in [0, 0.05) is 19.2 Å². The average molecular weight is 305 g/mol. The molecule has 2 aromatic rings. The molecule has 2 rings (SSSR count). The summed E-state index contributed by atoms with van der Waals surface area (Å²) in [5.41, 5.74) is 1.57. The minimum Gasteiger partial charge on any atom is -0.496 e. The normalized spacial score (nSPS) is 11.6. The van der Waals surface area contributed by atoms with Gasteiger partial charge < -0.3 is 4.74 Å². The van der Waals surface area contributed by atoms with Crippen LogP contribution in [0.4, 0.5) is 0 Å². The molecule has 0 aromatic heterocycles. The maximum absolute atomic E-state index is 12.6. The molecule has 0 aliphatic heterocycles. The molecule has 2 aromatic carbocycles. The van der Waals surface area contributed by atoms with Gasteiger partial charge in [0.25, 0.3) is 0 Å². The van der Waals surface area contributed by atoms with E-state index >= 15 is 0 Å². The number of ether oxygens (including phenoxy) is 1. The zero-order valence-corrected chi connectivity index (χ0v) is 13.2. The molecule has 0 saturated carbocycles. The Morgan fingerprint density at radius 3 is 2.33 bits per heavy atom. The summed E-state index contributed by atoms with van der Waals surface area (Å²) < 4.78 is 31.9. The number of nitrogens with zero attached hydrogens (tertiary/aromatic N) is 1. The molecule has 0 unspecified atom stereocenters. The lowest BCUT2D eigenvalue weighted by Crippen LogP contribution is -2.27. The van der Waals surface area contributed by atoms with Crippen molar-refractivity contribution in [3.63, 3.8) is 0 Å². The molecule has 4 nitrogen and oxygen atoms in total. The summed E-state index contributed by atoms with van der Waals surface area (Å²) in [6, 6.07) is 14.4. The van der Waals surface area contributed by atoms with Crippen LogP contribution < -0.4 is 4.74 Å². The second-order valence-electron chi connectivity index (χ2n) is 4.84. The van der Waals surface area contributed by atoms with Crippen molar-refractivity contribution < 1.29 is 13.2 Å². The van der Waals surface area contributed by atoms with Crippen molar-refractivity contribution in [1.29, 1.82) is 0 Å². The van der Waals surface area contributed by atoms with E-state index in [2.05, 4.69) is 0 Å². The van der Waals surface area contributed by atoms with E-state index in [1.54, 1.807) is 39.3 Å². The lowest BCUT2D eigenvalue weighted by atomic mass is 10.2. The van der Waals surface area contributed by atoms with E-state index in [1.807, 2.05) is 30.3 Å². The molecule has 0 N–H and O–H groups in total. The van der Waals surface area contributed by atoms with E-state index in [-0.39, 0.29) is 6.54 Å². The van der Waals surface area contributed by atoms with E-state index in [1.165, 1.54) is 4.31 Å². The zero-order valence-electron chi connectivity index (χ0n) is 12.4. The van der Waals surface area contributed by atoms with Crippen molar-refractivity contribution in [3.8, 4) is 5.75 Å². The third kappa shape index (κ3) is 3.25. The van der Waals surface area contributed by atoms with E-state index in [0.717, 1.165) is 11.1 Å². The molecule has 0 amide bonds. The largest absolute Gasteiger partial charge is 0.496 e. The van der Waals surface area contributed by atoms with Crippen molar-refractivity contribution in [2.75, 3.05) is 14.2 Å². The van der Waals surface area contributed by atoms with Crippen molar-refractivity contribution in [1.82, 2.24) is 4.31 Å². The summed E-state index contributed by atoms with van der Waals surface area (Å²) in [6.07, 6.45) is 0. The Hall–Kier alpha value is -1.85. The minimum absolute atomic E-state index is 0.265. The van der Waals surface area contributed by atoms with E-state index < -0.39 is 10.0 Å². The third-order valence-corrected chi connectivity index (χ3v) is 5.33. The fraction of sp³-hybridized carbons (Fsp3) is 0.250. The number of para-hydroxylation sites is 1. The quantitative estimate of drug-likeness (QED) is 0.853.